The third-order valence-corrected chi connectivity index (χ3v) is 6.22. The number of hydrogen-bond donors (Lipinski definition) is 2. The van der Waals surface area contributed by atoms with Gasteiger partial charge in [-0.2, -0.15) is 0 Å². The molecule has 1 unspecified atom stereocenters. The van der Waals surface area contributed by atoms with Crippen molar-refractivity contribution in [3.05, 3.63) is 94.9 Å². The molecule has 0 aliphatic heterocycles. The van der Waals surface area contributed by atoms with Gasteiger partial charge in [0.15, 0.2) is 0 Å². The Labute approximate surface area is 191 Å². The summed E-state index contributed by atoms with van der Waals surface area (Å²) < 4.78 is 0. The Kier molecular flexibility index (Phi) is 5.73. The van der Waals surface area contributed by atoms with Crippen LogP contribution in [-0.2, 0) is 12.8 Å². The lowest BCUT2D eigenvalue weighted by Gasteiger charge is -2.24. The van der Waals surface area contributed by atoms with Crippen LogP contribution in [0.4, 0.5) is 11.5 Å². The highest BCUT2D eigenvalue weighted by Gasteiger charge is 2.19. The Hall–Kier alpha value is -3.44. The van der Waals surface area contributed by atoms with E-state index in [1.54, 1.807) is 18.5 Å². The van der Waals surface area contributed by atoms with Crippen molar-refractivity contribution in [1.82, 2.24) is 15.3 Å². The zero-order chi connectivity index (χ0) is 21.9. The lowest BCUT2D eigenvalue weighted by atomic mass is 9.84. The summed E-state index contributed by atoms with van der Waals surface area (Å²) >= 11 is 6.17. The minimum absolute atomic E-state index is 0.165. The summed E-state index contributed by atoms with van der Waals surface area (Å²) in [5.41, 5.74) is 3.95. The number of aromatic nitrogens is 2. The van der Waals surface area contributed by atoms with Gasteiger partial charge in [-0.15, -0.1) is 0 Å². The number of fused-ring (bicyclic) bond motifs is 2. The number of benzene rings is 2. The first-order chi connectivity index (χ1) is 15.7. The minimum Gasteiger partial charge on any atom is -0.350 e. The number of carbonyl (C=O) groups is 1. The maximum Gasteiger partial charge on any atom is 0.269 e. The van der Waals surface area contributed by atoms with E-state index >= 15 is 0 Å². The zero-order valence-corrected chi connectivity index (χ0v) is 18.3. The van der Waals surface area contributed by atoms with Crippen LogP contribution in [0.5, 0.6) is 0 Å². The molecule has 0 radical (unpaired) electrons. The fourth-order valence-corrected chi connectivity index (χ4v) is 4.46. The number of aryl methyl sites for hydroxylation is 1. The monoisotopic (exact) mass is 442 g/mol. The first-order valence-electron chi connectivity index (χ1n) is 10.8. The van der Waals surface area contributed by atoms with Crippen LogP contribution in [0.15, 0.2) is 73.1 Å². The molecule has 160 valence electrons. The second-order valence-electron chi connectivity index (χ2n) is 8.17. The molecule has 1 aliphatic rings. The minimum atomic E-state index is -0.165. The van der Waals surface area contributed by atoms with Gasteiger partial charge in [0, 0.05) is 35.0 Å². The van der Waals surface area contributed by atoms with Crippen LogP contribution in [0, 0.1) is 5.92 Å². The average molecular weight is 443 g/mol. The van der Waals surface area contributed by atoms with Gasteiger partial charge >= 0.3 is 0 Å². The van der Waals surface area contributed by atoms with Crippen molar-refractivity contribution >= 4 is 39.8 Å². The molecule has 0 bridgehead atoms. The van der Waals surface area contributed by atoms with Gasteiger partial charge in [-0.25, -0.2) is 4.98 Å². The summed E-state index contributed by atoms with van der Waals surface area (Å²) in [6.07, 6.45) is 6.53. The van der Waals surface area contributed by atoms with Gasteiger partial charge in [0.1, 0.15) is 11.5 Å². The fourth-order valence-electron chi connectivity index (χ4n) is 4.28. The van der Waals surface area contributed by atoms with Crippen LogP contribution in [-0.4, -0.2) is 22.4 Å². The van der Waals surface area contributed by atoms with Crippen LogP contribution in [0.2, 0.25) is 5.02 Å². The standard InChI is InChI=1S/C26H23ClN4O/c27-21-8-7-19-9-11-29-25(23(19)14-21)31-22-10-12-28-24(15-22)26(32)30-16-17-5-6-18-3-1-2-4-20(18)13-17/h1-4,7-12,14-15,17H,5-6,13,16H2,(H,30,32)(H,28,29,31). The smallest absolute Gasteiger partial charge is 0.269 e. The maximum absolute atomic E-state index is 12.8. The number of carbonyl (C=O) groups excluding carboxylic acids is 1. The third kappa shape index (κ3) is 4.43. The van der Waals surface area contributed by atoms with E-state index in [-0.39, 0.29) is 5.91 Å². The van der Waals surface area contributed by atoms with Gasteiger partial charge in [0.2, 0.25) is 0 Å². The fraction of sp³-hybridized carbons (Fsp3) is 0.192. The summed E-state index contributed by atoms with van der Waals surface area (Å²) in [6, 6.07) is 19.8. The quantitative estimate of drug-likeness (QED) is 0.424. The number of nitrogens with one attached hydrogen (secondary N) is 2. The van der Waals surface area contributed by atoms with Crippen LogP contribution in [0.1, 0.15) is 28.0 Å². The molecule has 2 heterocycles. The van der Waals surface area contributed by atoms with E-state index in [1.807, 2.05) is 30.3 Å². The van der Waals surface area contributed by atoms with Gasteiger partial charge in [-0.3, -0.25) is 9.78 Å². The molecule has 1 aliphatic carbocycles. The topological polar surface area (TPSA) is 66.9 Å². The van der Waals surface area contributed by atoms with Crippen molar-refractivity contribution in [2.24, 2.45) is 5.92 Å². The molecule has 1 atom stereocenters. The summed E-state index contributed by atoms with van der Waals surface area (Å²) in [6.45, 7) is 0.649. The number of hydrogen-bond acceptors (Lipinski definition) is 4. The zero-order valence-electron chi connectivity index (χ0n) is 17.5. The van der Waals surface area contributed by atoms with E-state index in [4.69, 9.17) is 11.6 Å². The highest BCUT2D eigenvalue weighted by Crippen LogP contribution is 2.27. The predicted molar refractivity (Wildman–Crippen MR) is 129 cm³/mol. The average Bonchev–Trinajstić information content (AvgIpc) is 2.83. The van der Waals surface area contributed by atoms with E-state index in [1.165, 1.54) is 11.1 Å². The van der Waals surface area contributed by atoms with Crippen LogP contribution in [0.3, 0.4) is 0 Å². The van der Waals surface area contributed by atoms with E-state index in [9.17, 15) is 4.79 Å². The molecule has 0 saturated heterocycles. The Morgan fingerprint density at radius 1 is 1.00 bits per heavy atom. The number of rotatable bonds is 5. The number of amides is 1. The van der Waals surface area contributed by atoms with Crippen LogP contribution >= 0.6 is 11.6 Å². The lowest BCUT2D eigenvalue weighted by molar-refractivity contribution is 0.0941. The Morgan fingerprint density at radius 2 is 1.84 bits per heavy atom. The summed E-state index contributed by atoms with van der Waals surface area (Å²) in [5, 5.41) is 8.96. The van der Waals surface area contributed by atoms with Crippen molar-refractivity contribution in [2.75, 3.05) is 11.9 Å². The molecule has 5 nitrogen and oxygen atoms in total. The van der Waals surface area contributed by atoms with Crippen LogP contribution in [0.25, 0.3) is 10.8 Å². The Bertz CT molecular complexity index is 1290. The van der Waals surface area contributed by atoms with E-state index in [2.05, 4.69) is 44.9 Å². The molecule has 2 aromatic carbocycles. The lowest BCUT2D eigenvalue weighted by Crippen LogP contribution is -2.32. The largest absolute Gasteiger partial charge is 0.350 e. The van der Waals surface area contributed by atoms with Gasteiger partial charge in [0.05, 0.1) is 0 Å². The molecule has 0 fully saturated rings. The summed E-state index contributed by atoms with van der Waals surface area (Å²) in [4.78, 5) is 21.5. The molecule has 6 heteroatoms. The van der Waals surface area contributed by atoms with E-state index in [0.717, 1.165) is 35.7 Å². The highest BCUT2D eigenvalue weighted by atomic mass is 35.5. The Morgan fingerprint density at radius 3 is 2.75 bits per heavy atom. The molecule has 2 N–H and O–H groups in total. The molecular weight excluding hydrogens is 420 g/mol. The van der Waals surface area contributed by atoms with Gasteiger partial charge in [0.25, 0.3) is 5.91 Å². The van der Waals surface area contributed by atoms with E-state index < -0.39 is 0 Å². The SMILES string of the molecule is O=C(NCC1CCc2ccccc2C1)c1cc(Nc2nccc3ccc(Cl)cc23)ccn1. The number of halogens is 1. The van der Waals surface area contributed by atoms with Crippen molar-refractivity contribution < 1.29 is 4.79 Å². The van der Waals surface area contributed by atoms with Crippen molar-refractivity contribution in [3.63, 3.8) is 0 Å². The third-order valence-electron chi connectivity index (χ3n) is 5.98. The first kappa shape index (κ1) is 20.5. The second-order valence-corrected chi connectivity index (χ2v) is 8.60. The summed E-state index contributed by atoms with van der Waals surface area (Å²) in [5.74, 6) is 0.963. The molecule has 2 aromatic heterocycles. The molecule has 4 aromatic rings. The number of pyridine rings is 2. The van der Waals surface area contributed by atoms with Gasteiger partial charge < -0.3 is 10.6 Å². The highest BCUT2D eigenvalue weighted by molar-refractivity contribution is 6.31. The van der Waals surface area contributed by atoms with Crippen molar-refractivity contribution in [2.45, 2.75) is 19.3 Å². The molecule has 0 spiro atoms. The predicted octanol–water partition coefficient (Wildman–Crippen LogP) is 5.56. The number of nitrogens with zero attached hydrogens (tertiary/aromatic N) is 2. The number of anilines is 2. The first-order valence-corrected chi connectivity index (χ1v) is 11.2. The van der Waals surface area contributed by atoms with Crippen LogP contribution < -0.4 is 10.6 Å². The van der Waals surface area contributed by atoms with Crippen molar-refractivity contribution in [1.29, 1.82) is 0 Å². The second kappa shape index (κ2) is 8.97. The Balaban J connectivity index is 1.26. The molecule has 32 heavy (non-hydrogen) atoms. The molecule has 1 amide bonds. The summed E-state index contributed by atoms with van der Waals surface area (Å²) in [7, 11) is 0. The molecule has 5 rings (SSSR count). The molecule has 0 saturated carbocycles. The van der Waals surface area contributed by atoms with E-state index in [0.29, 0.717) is 29.0 Å². The van der Waals surface area contributed by atoms with Gasteiger partial charge in [-0.1, -0.05) is 41.9 Å². The van der Waals surface area contributed by atoms with Crippen molar-refractivity contribution in [3.8, 4) is 0 Å². The van der Waals surface area contributed by atoms with Gasteiger partial charge in [-0.05, 0) is 72.0 Å². The molecular formula is C26H23ClN4O. The maximum atomic E-state index is 12.8. The normalized spacial score (nSPS) is 15.2.